The number of nitrogens with zero attached hydrogens (tertiary/aromatic N) is 2. The average molecular weight is 993 g/mol. The van der Waals surface area contributed by atoms with E-state index in [1.54, 1.807) is 5.57 Å². The lowest BCUT2D eigenvalue weighted by Crippen LogP contribution is -2.51. The smallest absolute Gasteiger partial charge is 0.306 e. The molecule has 0 heterocycles. The lowest BCUT2D eigenvalue weighted by atomic mass is 9.47. The largest absolute Gasteiger partial charge is 0.462 e. The maximum absolute atomic E-state index is 13.3. The van der Waals surface area contributed by atoms with Crippen molar-refractivity contribution in [3.63, 3.8) is 0 Å². The molecule has 4 rings (SSSR count). The van der Waals surface area contributed by atoms with Gasteiger partial charge in [-0.05, 0) is 156 Å². The van der Waals surface area contributed by atoms with Gasteiger partial charge in [0.1, 0.15) is 6.10 Å². The Morgan fingerprint density at radius 1 is 0.606 bits per heavy atom. The molecule has 3 saturated carbocycles. The van der Waals surface area contributed by atoms with E-state index in [0.717, 1.165) is 133 Å². The van der Waals surface area contributed by atoms with Crippen LogP contribution < -0.4 is 5.32 Å². The summed E-state index contributed by atoms with van der Waals surface area (Å²) in [6, 6.07) is 0.363. The van der Waals surface area contributed by atoms with E-state index in [1.165, 1.54) is 161 Å². The molecule has 0 aromatic rings. The summed E-state index contributed by atoms with van der Waals surface area (Å²) >= 11 is 0. The van der Waals surface area contributed by atoms with E-state index < -0.39 is 0 Å². The molecule has 71 heavy (non-hydrogen) atoms. The highest BCUT2D eigenvalue weighted by atomic mass is 16.5. The van der Waals surface area contributed by atoms with Crippen LogP contribution in [0.3, 0.4) is 0 Å². The van der Waals surface area contributed by atoms with E-state index in [4.69, 9.17) is 4.74 Å². The van der Waals surface area contributed by atoms with Crippen LogP contribution in [0, 0.1) is 46.3 Å². The van der Waals surface area contributed by atoms with Crippen molar-refractivity contribution < 1.29 is 14.3 Å². The van der Waals surface area contributed by atoms with Crippen molar-refractivity contribution in [1.29, 1.82) is 0 Å². The van der Waals surface area contributed by atoms with E-state index in [0.29, 0.717) is 29.7 Å². The van der Waals surface area contributed by atoms with Crippen molar-refractivity contribution in [1.82, 2.24) is 15.1 Å². The second kappa shape index (κ2) is 35.0. The summed E-state index contributed by atoms with van der Waals surface area (Å²) in [5.74, 6) is 5.45. The van der Waals surface area contributed by atoms with E-state index >= 15 is 0 Å². The number of nitrogens with one attached hydrogen (secondary N) is 1. The molecule has 0 aromatic heterocycles. The van der Waals surface area contributed by atoms with Crippen LogP contribution in [0.25, 0.3) is 0 Å². The number of esters is 1. The Kier molecular flexibility index (Phi) is 30.7. The fourth-order valence-corrected chi connectivity index (χ4v) is 15.2. The summed E-state index contributed by atoms with van der Waals surface area (Å²) < 4.78 is 6.28. The molecule has 0 aliphatic heterocycles. The van der Waals surface area contributed by atoms with E-state index in [-0.39, 0.29) is 18.0 Å². The zero-order chi connectivity index (χ0) is 51.3. The number of hydrogen-bond acceptors (Lipinski definition) is 5. The van der Waals surface area contributed by atoms with Gasteiger partial charge in [-0.3, -0.25) is 9.59 Å². The number of carbonyl (C=O) groups is 2. The van der Waals surface area contributed by atoms with Crippen molar-refractivity contribution >= 4 is 11.9 Å². The van der Waals surface area contributed by atoms with Gasteiger partial charge in [0.15, 0.2) is 0 Å². The first kappa shape index (κ1) is 62.1. The Morgan fingerprint density at radius 2 is 1.18 bits per heavy atom. The Balaban J connectivity index is 1.12. The van der Waals surface area contributed by atoms with Crippen LogP contribution in [0.15, 0.2) is 11.6 Å². The molecule has 1 amide bonds. The van der Waals surface area contributed by atoms with Gasteiger partial charge in [-0.1, -0.05) is 202 Å². The molecule has 0 bridgehead atoms. The second-order valence-electron chi connectivity index (χ2n) is 25.6. The van der Waals surface area contributed by atoms with Crippen molar-refractivity contribution in [3.8, 4) is 0 Å². The number of rotatable bonds is 41. The van der Waals surface area contributed by atoms with Crippen molar-refractivity contribution in [2.75, 3.05) is 39.3 Å². The molecule has 4 aliphatic rings. The average Bonchev–Trinajstić information content (AvgIpc) is 3.71. The maximum atomic E-state index is 13.3. The number of carbonyl (C=O) groups excluding carboxylic acids is 2. The molecule has 0 aromatic carbocycles. The predicted molar refractivity (Wildman–Crippen MR) is 306 cm³/mol. The molecule has 1 N–H and O–H groups in total. The minimum Gasteiger partial charge on any atom is -0.462 e. The van der Waals surface area contributed by atoms with Gasteiger partial charge in [-0.15, -0.1) is 0 Å². The molecule has 3 fully saturated rings. The summed E-state index contributed by atoms with van der Waals surface area (Å²) in [5.41, 5.74) is 2.45. The summed E-state index contributed by atoms with van der Waals surface area (Å²) in [6.07, 6.45) is 47.0. The lowest BCUT2D eigenvalue weighted by molar-refractivity contribution is -0.151. The van der Waals surface area contributed by atoms with Crippen LogP contribution in [0.5, 0.6) is 0 Å². The SMILES string of the molecule is CCCCCCCCCCC(CCCCCCCC)NC(=O)CCCCCCN(CCCCCC(=O)OC1CCC2(C)C(=CCC3C2CCC2(C)C(C(C)CCCC(C)C)CCC32)C1)CCN(CC)CC. The highest BCUT2D eigenvalue weighted by Crippen LogP contribution is 2.67. The topological polar surface area (TPSA) is 61.9 Å². The monoisotopic (exact) mass is 992 g/mol. The number of amides is 1. The fraction of sp³-hybridized carbons (Fsp3) is 0.938. The van der Waals surface area contributed by atoms with Crippen LogP contribution in [-0.2, 0) is 14.3 Å². The number of allylic oxidation sites excluding steroid dienone is 1. The Labute approximate surface area is 442 Å². The first-order valence-corrected chi connectivity index (χ1v) is 32.0. The molecule has 0 spiro atoms. The van der Waals surface area contributed by atoms with Crippen molar-refractivity contribution in [3.05, 3.63) is 11.6 Å². The van der Waals surface area contributed by atoms with Gasteiger partial charge < -0.3 is 19.9 Å². The number of fused-ring (bicyclic) bond motifs is 5. The molecule has 6 heteroatoms. The van der Waals surface area contributed by atoms with Crippen LogP contribution in [-0.4, -0.2) is 73.1 Å². The van der Waals surface area contributed by atoms with Gasteiger partial charge in [0.05, 0.1) is 0 Å². The molecule has 4 aliphatic carbocycles. The molecular weight excluding hydrogens is 871 g/mol. The quantitative estimate of drug-likeness (QED) is 0.0376. The highest BCUT2D eigenvalue weighted by molar-refractivity contribution is 5.76. The Morgan fingerprint density at radius 3 is 1.82 bits per heavy atom. The summed E-state index contributed by atoms with van der Waals surface area (Å²) in [4.78, 5) is 31.7. The molecule has 9 atom stereocenters. The normalized spacial score (nSPS) is 26.0. The summed E-state index contributed by atoms with van der Waals surface area (Å²) in [7, 11) is 0. The third-order valence-corrected chi connectivity index (χ3v) is 19.8. The van der Waals surface area contributed by atoms with Crippen molar-refractivity contribution in [2.24, 2.45) is 46.3 Å². The zero-order valence-corrected chi connectivity index (χ0v) is 49.0. The second-order valence-corrected chi connectivity index (χ2v) is 25.6. The molecular formula is C65H121N3O3. The predicted octanol–water partition coefficient (Wildman–Crippen LogP) is 17.9. The third-order valence-electron chi connectivity index (χ3n) is 19.8. The van der Waals surface area contributed by atoms with Crippen LogP contribution >= 0.6 is 0 Å². The van der Waals surface area contributed by atoms with E-state index in [9.17, 15) is 9.59 Å². The van der Waals surface area contributed by atoms with Gasteiger partial charge in [0.25, 0.3) is 0 Å². The van der Waals surface area contributed by atoms with Gasteiger partial charge in [-0.2, -0.15) is 0 Å². The summed E-state index contributed by atoms with van der Waals surface area (Å²) in [6.45, 7) is 28.5. The van der Waals surface area contributed by atoms with E-state index in [1.807, 2.05) is 0 Å². The molecule has 6 nitrogen and oxygen atoms in total. The molecule has 0 saturated heterocycles. The van der Waals surface area contributed by atoms with Gasteiger partial charge in [0, 0.05) is 38.4 Å². The molecule has 414 valence electrons. The number of ether oxygens (including phenoxy) is 1. The summed E-state index contributed by atoms with van der Waals surface area (Å²) in [5, 5.41) is 3.50. The van der Waals surface area contributed by atoms with Crippen LogP contribution in [0.1, 0.15) is 293 Å². The fourth-order valence-electron chi connectivity index (χ4n) is 15.2. The van der Waals surface area contributed by atoms with E-state index in [2.05, 4.69) is 83.5 Å². The molecule has 0 radical (unpaired) electrons. The Hall–Kier alpha value is -1.40. The van der Waals surface area contributed by atoms with Crippen molar-refractivity contribution in [2.45, 2.75) is 306 Å². The molecule has 9 unspecified atom stereocenters. The minimum atomic E-state index is 0.0322. The van der Waals surface area contributed by atoms with Crippen LogP contribution in [0.4, 0.5) is 0 Å². The highest BCUT2D eigenvalue weighted by Gasteiger charge is 2.59. The number of likely N-dealkylation sites (N-methyl/N-ethyl adjacent to an activating group) is 1. The first-order valence-electron chi connectivity index (χ1n) is 32.0. The van der Waals surface area contributed by atoms with Gasteiger partial charge in [0.2, 0.25) is 5.91 Å². The van der Waals surface area contributed by atoms with Crippen LogP contribution in [0.2, 0.25) is 0 Å². The first-order chi connectivity index (χ1) is 34.4. The van der Waals surface area contributed by atoms with Gasteiger partial charge >= 0.3 is 5.97 Å². The lowest BCUT2D eigenvalue weighted by Gasteiger charge is -2.58. The Bertz CT molecular complexity index is 1440. The minimum absolute atomic E-state index is 0.0322. The van der Waals surface area contributed by atoms with Gasteiger partial charge in [-0.25, -0.2) is 0 Å². The number of unbranched alkanes of at least 4 members (excludes halogenated alkanes) is 17. The maximum Gasteiger partial charge on any atom is 0.306 e. The standard InChI is InChI=1S/C65H121N3O3/c1-10-14-16-18-20-21-23-28-37-56(36-27-22-19-17-15-11-2)66-62(69)38-29-24-25-31-48-68(51-50-67(12-3)13-4)49-32-26-30-39-63(70)71-57-44-46-64(8)55(52-57)40-41-58-60-43-42-59(54(7)35-33-34-53(5)6)65(60,9)47-45-61(58)64/h40,53-54,56-61H,10-39,41-52H2,1-9H3,(H,66,69). The zero-order valence-electron chi connectivity index (χ0n) is 49.0. The third kappa shape index (κ3) is 21.6. The number of hydrogen-bond donors (Lipinski definition) is 1.